The standard InChI is InChI=1S/C17H26O2/c18-16(12-4-7-19-17(9-12)5-1-6-17)15-13-10-2-3-11(8-10)14(13)15/h10-16,18H,1-9H2. The lowest BCUT2D eigenvalue weighted by Crippen LogP contribution is -2.48. The van der Waals surface area contributed by atoms with Gasteiger partial charge < -0.3 is 9.84 Å². The van der Waals surface area contributed by atoms with E-state index in [9.17, 15) is 5.11 Å². The summed E-state index contributed by atoms with van der Waals surface area (Å²) >= 11 is 0. The molecule has 1 aliphatic heterocycles. The van der Waals surface area contributed by atoms with Crippen LogP contribution in [0.5, 0.6) is 0 Å². The van der Waals surface area contributed by atoms with Crippen LogP contribution in [0.4, 0.5) is 0 Å². The summed E-state index contributed by atoms with van der Waals surface area (Å²) in [5.41, 5.74) is 0.201. The molecule has 4 aliphatic carbocycles. The highest BCUT2D eigenvalue weighted by molar-refractivity contribution is 5.15. The van der Waals surface area contributed by atoms with Crippen molar-refractivity contribution >= 4 is 0 Å². The van der Waals surface area contributed by atoms with Crippen molar-refractivity contribution in [3.8, 4) is 0 Å². The molecule has 0 amide bonds. The SMILES string of the molecule is OC(C1CCOC2(CCC2)C1)C1C2C3CCC(C3)C21. The maximum absolute atomic E-state index is 10.9. The molecular weight excluding hydrogens is 236 g/mol. The molecule has 2 nitrogen and oxygen atoms in total. The van der Waals surface area contributed by atoms with Crippen LogP contribution < -0.4 is 0 Å². The van der Waals surface area contributed by atoms with Crippen LogP contribution in [-0.4, -0.2) is 23.4 Å². The van der Waals surface area contributed by atoms with Crippen LogP contribution in [-0.2, 0) is 4.74 Å². The topological polar surface area (TPSA) is 29.5 Å². The summed E-state index contributed by atoms with van der Waals surface area (Å²) in [6.07, 6.45) is 10.5. The van der Waals surface area contributed by atoms with Crippen LogP contribution in [0, 0.1) is 35.5 Å². The van der Waals surface area contributed by atoms with Crippen LogP contribution in [0.1, 0.15) is 51.4 Å². The zero-order chi connectivity index (χ0) is 12.6. The second kappa shape index (κ2) is 3.76. The van der Waals surface area contributed by atoms with Crippen LogP contribution in [0.25, 0.3) is 0 Å². The van der Waals surface area contributed by atoms with Crippen LogP contribution in [0.3, 0.4) is 0 Å². The fourth-order valence-corrected chi connectivity index (χ4v) is 6.44. The Hall–Kier alpha value is -0.0800. The number of aliphatic hydroxyl groups is 1. The molecule has 5 fully saturated rings. The third-order valence-electron chi connectivity index (χ3n) is 7.47. The number of rotatable bonds is 2. The van der Waals surface area contributed by atoms with Gasteiger partial charge >= 0.3 is 0 Å². The lowest BCUT2D eigenvalue weighted by atomic mass is 9.70. The average molecular weight is 262 g/mol. The van der Waals surface area contributed by atoms with Crippen molar-refractivity contribution in [2.75, 3.05) is 6.61 Å². The smallest absolute Gasteiger partial charge is 0.0686 e. The van der Waals surface area contributed by atoms with E-state index in [0.717, 1.165) is 43.1 Å². The Labute approximate surface area is 115 Å². The van der Waals surface area contributed by atoms with E-state index in [1.165, 1.54) is 38.5 Å². The maximum Gasteiger partial charge on any atom is 0.0686 e. The summed E-state index contributed by atoms with van der Waals surface area (Å²) in [6, 6.07) is 0. The van der Waals surface area contributed by atoms with Crippen LogP contribution in [0.15, 0.2) is 0 Å². The fourth-order valence-electron chi connectivity index (χ4n) is 6.44. The van der Waals surface area contributed by atoms with Gasteiger partial charge in [0.1, 0.15) is 0 Å². The molecule has 1 N–H and O–H groups in total. The Morgan fingerprint density at radius 2 is 1.79 bits per heavy atom. The van der Waals surface area contributed by atoms with Crippen molar-refractivity contribution in [3.63, 3.8) is 0 Å². The van der Waals surface area contributed by atoms with Gasteiger partial charge in [-0.05, 0) is 86.9 Å². The van der Waals surface area contributed by atoms with Crippen LogP contribution in [0.2, 0.25) is 0 Å². The highest BCUT2D eigenvalue weighted by atomic mass is 16.5. The Morgan fingerprint density at radius 3 is 2.42 bits per heavy atom. The van der Waals surface area contributed by atoms with Crippen molar-refractivity contribution in [3.05, 3.63) is 0 Å². The minimum absolute atomic E-state index is 0.000208. The van der Waals surface area contributed by atoms with E-state index in [4.69, 9.17) is 4.74 Å². The van der Waals surface area contributed by atoms with E-state index in [1.54, 1.807) is 0 Å². The van der Waals surface area contributed by atoms with E-state index in [2.05, 4.69) is 0 Å². The first kappa shape index (κ1) is 11.6. The third-order valence-corrected chi connectivity index (χ3v) is 7.47. The second-order valence-corrected chi connectivity index (χ2v) is 8.19. The predicted octanol–water partition coefficient (Wildman–Crippen LogP) is 2.99. The lowest BCUT2D eigenvalue weighted by Gasteiger charge is -2.48. The van der Waals surface area contributed by atoms with Crippen LogP contribution >= 0.6 is 0 Å². The van der Waals surface area contributed by atoms with Gasteiger partial charge in [0.25, 0.3) is 0 Å². The van der Waals surface area contributed by atoms with Gasteiger partial charge in [0, 0.05) is 6.61 Å². The normalized spacial score (nSPS) is 54.8. The van der Waals surface area contributed by atoms with Gasteiger partial charge in [-0.15, -0.1) is 0 Å². The van der Waals surface area contributed by atoms with Gasteiger partial charge in [-0.25, -0.2) is 0 Å². The van der Waals surface area contributed by atoms with Gasteiger partial charge in [0.15, 0.2) is 0 Å². The molecule has 0 aromatic carbocycles. The summed E-state index contributed by atoms with van der Waals surface area (Å²) < 4.78 is 6.02. The van der Waals surface area contributed by atoms with E-state index < -0.39 is 0 Å². The van der Waals surface area contributed by atoms with Gasteiger partial charge in [-0.2, -0.15) is 0 Å². The molecule has 106 valence electrons. The molecule has 1 heterocycles. The molecule has 0 radical (unpaired) electrons. The molecule has 4 saturated carbocycles. The molecule has 5 rings (SSSR count). The molecule has 6 atom stereocenters. The largest absolute Gasteiger partial charge is 0.393 e. The highest BCUT2D eigenvalue weighted by Crippen LogP contribution is 2.71. The molecule has 0 aromatic rings. The summed E-state index contributed by atoms with van der Waals surface area (Å²) in [5, 5.41) is 10.9. The number of hydrogen-bond acceptors (Lipinski definition) is 2. The first-order valence-corrected chi connectivity index (χ1v) is 8.59. The predicted molar refractivity (Wildman–Crippen MR) is 72.6 cm³/mol. The Balaban J connectivity index is 1.29. The second-order valence-electron chi connectivity index (χ2n) is 8.19. The van der Waals surface area contributed by atoms with E-state index in [-0.39, 0.29) is 11.7 Å². The third kappa shape index (κ3) is 1.51. The Morgan fingerprint density at radius 1 is 1.05 bits per heavy atom. The molecule has 1 saturated heterocycles. The minimum atomic E-state index is -0.000208. The van der Waals surface area contributed by atoms with Gasteiger partial charge in [-0.3, -0.25) is 0 Å². The van der Waals surface area contributed by atoms with Gasteiger partial charge in [-0.1, -0.05) is 0 Å². The molecule has 2 heteroatoms. The molecule has 19 heavy (non-hydrogen) atoms. The van der Waals surface area contributed by atoms with E-state index in [1.807, 2.05) is 0 Å². The van der Waals surface area contributed by atoms with Crippen molar-refractivity contribution in [1.82, 2.24) is 0 Å². The Kier molecular flexibility index (Phi) is 2.29. The summed E-state index contributed by atoms with van der Waals surface area (Å²) in [5.74, 6) is 5.07. The number of aliphatic hydroxyl groups excluding tert-OH is 1. The molecule has 5 aliphatic rings. The van der Waals surface area contributed by atoms with Crippen molar-refractivity contribution < 1.29 is 9.84 Å². The highest BCUT2D eigenvalue weighted by Gasteiger charge is 2.67. The molecule has 0 aromatic heterocycles. The first-order valence-electron chi connectivity index (χ1n) is 8.59. The lowest BCUT2D eigenvalue weighted by molar-refractivity contribution is -0.159. The van der Waals surface area contributed by atoms with Crippen molar-refractivity contribution in [2.45, 2.75) is 63.1 Å². The molecular formula is C17H26O2. The zero-order valence-corrected chi connectivity index (χ0v) is 11.8. The van der Waals surface area contributed by atoms with E-state index >= 15 is 0 Å². The number of ether oxygens (including phenoxy) is 1. The van der Waals surface area contributed by atoms with Gasteiger partial charge in [0.05, 0.1) is 11.7 Å². The summed E-state index contributed by atoms with van der Waals surface area (Å²) in [7, 11) is 0. The Bertz CT molecular complexity index is 373. The number of fused-ring (bicyclic) bond motifs is 5. The summed E-state index contributed by atoms with van der Waals surface area (Å²) in [4.78, 5) is 0. The molecule has 6 unspecified atom stereocenters. The quantitative estimate of drug-likeness (QED) is 0.829. The minimum Gasteiger partial charge on any atom is -0.393 e. The number of hydrogen-bond donors (Lipinski definition) is 1. The van der Waals surface area contributed by atoms with E-state index in [0.29, 0.717) is 11.8 Å². The average Bonchev–Trinajstić information content (AvgIpc) is 2.84. The summed E-state index contributed by atoms with van der Waals surface area (Å²) in [6.45, 7) is 0.899. The zero-order valence-electron chi connectivity index (χ0n) is 11.8. The monoisotopic (exact) mass is 262 g/mol. The van der Waals surface area contributed by atoms with Crippen molar-refractivity contribution in [2.24, 2.45) is 35.5 Å². The first-order chi connectivity index (χ1) is 9.27. The fraction of sp³-hybridized carbons (Fsp3) is 1.00. The van der Waals surface area contributed by atoms with Crippen molar-refractivity contribution in [1.29, 1.82) is 0 Å². The molecule has 2 bridgehead atoms. The van der Waals surface area contributed by atoms with Gasteiger partial charge in [0.2, 0.25) is 0 Å². The maximum atomic E-state index is 10.9. The molecule has 1 spiro atoms.